The van der Waals surface area contributed by atoms with Crippen LogP contribution >= 0.6 is 0 Å². The summed E-state index contributed by atoms with van der Waals surface area (Å²) in [5.41, 5.74) is -1.01. The van der Waals surface area contributed by atoms with Crippen LogP contribution in [0.25, 0.3) is 0 Å². The van der Waals surface area contributed by atoms with Gasteiger partial charge in [0.15, 0.2) is 6.10 Å². The summed E-state index contributed by atoms with van der Waals surface area (Å²) in [5.74, 6) is 0. The van der Waals surface area contributed by atoms with E-state index < -0.39 is 30.0 Å². The number of aliphatic hydroxyl groups is 1. The highest BCUT2D eigenvalue weighted by molar-refractivity contribution is 4.90. The molecule has 1 rings (SSSR count). The van der Waals surface area contributed by atoms with Crippen molar-refractivity contribution >= 4 is 0 Å². The Kier molecular flexibility index (Phi) is 3.82. The molecule has 1 atom stereocenters. The summed E-state index contributed by atoms with van der Waals surface area (Å²) in [6, 6.07) is 0. The highest BCUT2D eigenvalue weighted by Crippen LogP contribution is 2.29. The molecule has 1 aliphatic heterocycles. The highest BCUT2D eigenvalue weighted by Gasteiger charge is 2.43. The maximum Gasteiger partial charge on any atom is 0.415 e. The average Bonchev–Trinajstić information content (AvgIpc) is 1.94. The number of alkyl halides is 3. The highest BCUT2D eigenvalue weighted by atomic mass is 19.4. The lowest BCUT2D eigenvalue weighted by atomic mass is 9.98. The Hall–Kier alpha value is -0.330. The number of nitrogens with zero attached hydrogens (tertiary/aromatic N) is 1. The van der Waals surface area contributed by atoms with Crippen molar-refractivity contribution in [1.82, 2.24) is 4.90 Å². The van der Waals surface area contributed by atoms with Crippen LogP contribution in [0.3, 0.4) is 0 Å². The average molecular weight is 255 g/mol. The third-order valence-electron chi connectivity index (χ3n) is 2.57. The van der Waals surface area contributed by atoms with Gasteiger partial charge in [-0.1, -0.05) is 0 Å². The number of halogens is 3. The van der Waals surface area contributed by atoms with Gasteiger partial charge in [-0.25, -0.2) is 0 Å². The molecular weight excluding hydrogens is 235 g/mol. The summed E-state index contributed by atoms with van der Waals surface area (Å²) in [4.78, 5) is 1.60. The molecule has 0 radical (unpaired) electrons. The van der Waals surface area contributed by atoms with Gasteiger partial charge in [0.1, 0.15) is 0 Å². The summed E-state index contributed by atoms with van der Waals surface area (Å²) in [5, 5.41) is 9.07. The van der Waals surface area contributed by atoms with Crippen LogP contribution in [0, 0.1) is 0 Å². The second kappa shape index (κ2) is 4.40. The fourth-order valence-corrected chi connectivity index (χ4v) is 2.42. The first-order valence-electron chi connectivity index (χ1n) is 5.59. The van der Waals surface area contributed by atoms with E-state index >= 15 is 0 Å². The van der Waals surface area contributed by atoms with E-state index in [1.54, 1.807) is 4.90 Å². The first-order valence-corrected chi connectivity index (χ1v) is 5.59. The van der Waals surface area contributed by atoms with Gasteiger partial charge in [0.2, 0.25) is 0 Å². The molecule has 0 amide bonds. The smallest absolute Gasteiger partial charge is 0.382 e. The summed E-state index contributed by atoms with van der Waals surface area (Å²) in [6.45, 7) is 7.69. The Balaban J connectivity index is 2.66. The predicted octanol–water partition coefficient (Wildman–Crippen LogP) is 1.80. The molecule has 0 aromatic heterocycles. The van der Waals surface area contributed by atoms with Gasteiger partial charge in [-0.3, -0.25) is 4.90 Å². The fourth-order valence-electron chi connectivity index (χ4n) is 2.42. The first-order chi connectivity index (χ1) is 7.41. The second-order valence-corrected chi connectivity index (χ2v) is 5.85. The Labute approximate surface area is 99.5 Å². The van der Waals surface area contributed by atoms with E-state index in [9.17, 15) is 13.2 Å². The molecule has 17 heavy (non-hydrogen) atoms. The maximum absolute atomic E-state index is 12.3. The molecule has 3 nitrogen and oxygen atoms in total. The first kappa shape index (κ1) is 14.7. The van der Waals surface area contributed by atoms with Gasteiger partial charge in [-0.15, -0.1) is 0 Å². The van der Waals surface area contributed by atoms with Crippen LogP contribution in [0.4, 0.5) is 13.2 Å². The van der Waals surface area contributed by atoms with Crippen molar-refractivity contribution in [3.63, 3.8) is 0 Å². The fraction of sp³-hybridized carbons (Fsp3) is 1.00. The molecule has 0 bridgehead atoms. The van der Waals surface area contributed by atoms with Crippen LogP contribution in [0.1, 0.15) is 27.7 Å². The van der Waals surface area contributed by atoms with Crippen LogP contribution < -0.4 is 0 Å². The van der Waals surface area contributed by atoms with E-state index in [0.717, 1.165) is 0 Å². The van der Waals surface area contributed by atoms with Crippen LogP contribution in [-0.4, -0.2) is 53.1 Å². The maximum atomic E-state index is 12.3. The Morgan fingerprint density at radius 2 is 1.59 bits per heavy atom. The van der Waals surface area contributed by atoms with Gasteiger partial charge in [0.25, 0.3) is 0 Å². The lowest BCUT2D eigenvalue weighted by Gasteiger charge is -2.47. The van der Waals surface area contributed by atoms with Crippen LogP contribution in [0.5, 0.6) is 0 Å². The van der Waals surface area contributed by atoms with Gasteiger partial charge in [-0.2, -0.15) is 13.2 Å². The molecule has 6 heteroatoms. The Morgan fingerprint density at radius 1 is 1.18 bits per heavy atom. The molecule has 1 fully saturated rings. The Morgan fingerprint density at radius 3 is 1.94 bits per heavy atom. The zero-order valence-corrected chi connectivity index (χ0v) is 10.6. The molecule has 0 spiro atoms. The second-order valence-electron chi connectivity index (χ2n) is 5.85. The molecule has 1 saturated heterocycles. The number of rotatable bonds is 2. The summed E-state index contributed by atoms with van der Waals surface area (Å²) < 4.78 is 42.6. The normalized spacial score (nSPS) is 26.8. The van der Waals surface area contributed by atoms with Gasteiger partial charge in [0.05, 0.1) is 11.2 Å². The molecule has 1 aliphatic rings. The number of morpholine rings is 1. The topological polar surface area (TPSA) is 32.7 Å². The minimum absolute atomic E-state index is 0.379. The van der Waals surface area contributed by atoms with E-state index in [1.807, 2.05) is 27.7 Å². The van der Waals surface area contributed by atoms with Gasteiger partial charge >= 0.3 is 6.18 Å². The molecular formula is C11H20F3NO2. The standard InChI is InChI=1S/C11H20F3NO2/c1-9(2)6-15(7-10(3,4)17-9)5-8(16)11(12,13)14/h8,16H,5-7H2,1-4H3. The van der Waals surface area contributed by atoms with E-state index in [0.29, 0.717) is 13.1 Å². The van der Waals surface area contributed by atoms with Crippen LogP contribution in [-0.2, 0) is 4.74 Å². The lowest BCUT2D eigenvalue weighted by molar-refractivity contribution is -0.225. The molecule has 0 aromatic rings. The van der Waals surface area contributed by atoms with Crippen molar-refractivity contribution in [1.29, 1.82) is 0 Å². The molecule has 1 N–H and O–H groups in total. The van der Waals surface area contributed by atoms with E-state index in [1.165, 1.54) is 0 Å². The zero-order valence-electron chi connectivity index (χ0n) is 10.6. The van der Waals surface area contributed by atoms with Crippen molar-refractivity contribution in [3.05, 3.63) is 0 Å². The van der Waals surface area contributed by atoms with E-state index in [-0.39, 0.29) is 0 Å². The number of hydrogen-bond acceptors (Lipinski definition) is 3. The van der Waals surface area contributed by atoms with Crippen molar-refractivity contribution < 1.29 is 23.0 Å². The monoisotopic (exact) mass is 255 g/mol. The SMILES string of the molecule is CC1(C)CN(CC(O)C(F)(F)F)CC(C)(C)O1. The van der Waals surface area contributed by atoms with Gasteiger partial charge in [-0.05, 0) is 27.7 Å². The minimum Gasteiger partial charge on any atom is -0.382 e. The van der Waals surface area contributed by atoms with Crippen LogP contribution in [0.2, 0.25) is 0 Å². The molecule has 0 saturated carbocycles. The van der Waals surface area contributed by atoms with E-state index in [4.69, 9.17) is 9.84 Å². The van der Waals surface area contributed by atoms with Crippen LogP contribution in [0.15, 0.2) is 0 Å². The van der Waals surface area contributed by atoms with Crippen molar-refractivity contribution in [2.24, 2.45) is 0 Å². The zero-order chi connectivity index (χ0) is 13.5. The number of ether oxygens (including phenoxy) is 1. The van der Waals surface area contributed by atoms with Gasteiger partial charge in [0, 0.05) is 19.6 Å². The quantitative estimate of drug-likeness (QED) is 0.816. The third kappa shape index (κ3) is 4.44. The number of β-amino-alcohol motifs (C(OH)–C–C–N with tert-alkyl or cyclic N) is 1. The molecule has 1 heterocycles. The lowest BCUT2D eigenvalue weighted by Crippen LogP contribution is -2.59. The minimum atomic E-state index is -4.56. The molecule has 1 unspecified atom stereocenters. The molecule has 102 valence electrons. The summed E-state index contributed by atoms with van der Waals surface area (Å²) in [6.07, 6.45) is -6.86. The third-order valence-corrected chi connectivity index (χ3v) is 2.57. The van der Waals surface area contributed by atoms with E-state index in [2.05, 4.69) is 0 Å². The molecule has 0 aromatic carbocycles. The number of hydrogen-bond donors (Lipinski definition) is 1. The number of aliphatic hydroxyl groups excluding tert-OH is 1. The Bertz CT molecular complexity index is 260. The molecule has 0 aliphatic carbocycles. The van der Waals surface area contributed by atoms with Crippen molar-refractivity contribution in [2.75, 3.05) is 19.6 Å². The largest absolute Gasteiger partial charge is 0.415 e. The van der Waals surface area contributed by atoms with Crippen molar-refractivity contribution in [3.8, 4) is 0 Å². The van der Waals surface area contributed by atoms with Crippen molar-refractivity contribution in [2.45, 2.75) is 51.2 Å². The predicted molar refractivity (Wildman–Crippen MR) is 57.7 cm³/mol. The summed E-state index contributed by atoms with van der Waals surface area (Å²) in [7, 11) is 0. The van der Waals surface area contributed by atoms with Gasteiger partial charge < -0.3 is 9.84 Å². The summed E-state index contributed by atoms with van der Waals surface area (Å²) >= 11 is 0.